The molecular weight excluding hydrogens is 201 g/mol. The number of halogens is 1. The number of hydrogen-bond donors (Lipinski definition) is 1. The lowest BCUT2D eigenvalue weighted by Crippen LogP contribution is -2.42. The molecule has 0 aliphatic heterocycles. The van der Waals surface area contributed by atoms with Crippen molar-refractivity contribution >= 4 is 0 Å². The van der Waals surface area contributed by atoms with Crippen LogP contribution in [0.15, 0.2) is 24.3 Å². The second kappa shape index (κ2) is 5.44. The van der Waals surface area contributed by atoms with Crippen molar-refractivity contribution < 1.29 is 4.39 Å². The lowest BCUT2D eigenvalue weighted by atomic mass is 9.83. The zero-order valence-electron chi connectivity index (χ0n) is 10.7. The van der Waals surface area contributed by atoms with Gasteiger partial charge in [-0.05, 0) is 30.0 Å². The number of nitrogens with one attached hydrogen (secondary N) is 1. The summed E-state index contributed by atoms with van der Waals surface area (Å²) in [6.45, 7) is 9.54. The Morgan fingerprint density at radius 2 is 1.88 bits per heavy atom. The van der Waals surface area contributed by atoms with Crippen molar-refractivity contribution in [1.82, 2.24) is 5.32 Å². The molecule has 1 N–H and O–H groups in total. The molecule has 0 aromatic heterocycles. The van der Waals surface area contributed by atoms with E-state index in [1.54, 1.807) is 6.07 Å². The molecule has 0 spiro atoms. The van der Waals surface area contributed by atoms with E-state index >= 15 is 0 Å². The van der Waals surface area contributed by atoms with Gasteiger partial charge in [-0.3, -0.25) is 0 Å². The van der Waals surface area contributed by atoms with Crippen molar-refractivity contribution in [1.29, 1.82) is 0 Å². The molecule has 0 fully saturated rings. The molecule has 0 bridgehead atoms. The van der Waals surface area contributed by atoms with Gasteiger partial charge in [-0.2, -0.15) is 0 Å². The molecular formula is C14H22FN. The fourth-order valence-electron chi connectivity index (χ4n) is 1.81. The van der Waals surface area contributed by atoms with E-state index in [-0.39, 0.29) is 11.2 Å². The smallest absolute Gasteiger partial charge is 0.126 e. The van der Waals surface area contributed by atoms with E-state index in [0.29, 0.717) is 6.04 Å². The van der Waals surface area contributed by atoms with Crippen LogP contribution in [-0.4, -0.2) is 12.6 Å². The summed E-state index contributed by atoms with van der Waals surface area (Å²) < 4.78 is 13.6. The molecule has 1 unspecified atom stereocenters. The van der Waals surface area contributed by atoms with Crippen LogP contribution in [0.3, 0.4) is 0 Å². The molecule has 0 aliphatic rings. The van der Waals surface area contributed by atoms with Gasteiger partial charge in [-0.25, -0.2) is 4.39 Å². The number of hydrogen-bond acceptors (Lipinski definition) is 1. The van der Waals surface area contributed by atoms with Gasteiger partial charge >= 0.3 is 0 Å². The number of likely N-dealkylation sites (N-methyl/N-ethyl adjacent to an activating group) is 1. The molecule has 0 heterocycles. The van der Waals surface area contributed by atoms with Crippen LogP contribution in [0.2, 0.25) is 0 Å². The Balaban J connectivity index is 2.80. The van der Waals surface area contributed by atoms with E-state index in [2.05, 4.69) is 33.0 Å². The van der Waals surface area contributed by atoms with Crippen molar-refractivity contribution in [2.45, 2.75) is 40.2 Å². The summed E-state index contributed by atoms with van der Waals surface area (Å²) in [5.74, 6) is -0.102. The highest BCUT2D eigenvalue weighted by Gasteiger charge is 2.24. The molecule has 1 nitrogen and oxygen atoms in total. The highest BCUT2D eigenvalue weighted by Crippen LogP contribution is 2.23. The van der Waals surface area contributed by atoms with Crippen molar-refractivity contribution in [2.24, 2.45) is 5.41 Å². The maximum absolute atomic E-state index is 13.6. The first-order valence-corrected chi connectivity index (χ1v) is 5.92. The van der Waals surface area contributed by atoms with Crippen LogP contribution >= 0.6 is 0 Å². The highest BCUT2D eigenvalue weighted by atomic mass is 19.1. The summed E-state index contributed by atoms with van der Waals surface area (Å²) in [4.78, 5) is 0. The summed E-state index contributed by atoms with van der Waals surface area (Å²) in [5.41, 5.74) is 0.932. The van der Waals surface area contributed by atoms with Gasteiger partial charge in [0.25, 0.3) is 0 Å². The van der Waals surface area contributed by atoms with E-state index < -0.39 is 0 Å². The molecule has 1 aromatic carbocycles. The number of rotatable bonds is 4. The van der Waals surface area contributed by atoms with Crippen molar-refractivity contribution in [3.63, 3.8) is 0 Å². The van der Waals surface area contributed by atoms with Crippen LogP contribution in [0.1, 0.15) is 33.3 Å². The molecule has 16 heavy (non-hydrogen) atoms. The van der Waals surface area contributed by atoms with Gasteiger partial charge in [-0.1, -0.05) is 45.9 Å². The van der Waals surface area contributed by atoms with Gasteiger partial charge in [0, 0.05) is 6.04 Å². The second-order valence-corrected chi connectivity index (χ2v) is 5.27. The Bertz CT molecular complexity index is 328. The van der Waals surface area contributed by atoms with Gasteiger partial charge < -0.3 is 5.32 Å². The molecule has 0 saturated carbocycles. The fraction of sp³-hybridized carbons (Fsp3) is 0.571. The SMILES string of the molecule is CCNC(Cc1ccccc1F)C(C)(C)C. The maximum atomic E-state index is 13.6. The maximum Gasteiger partial charge on any atom is 0.126 e. The van der Waals surface area contributed by atoms with E-state index in [0.717, 1.165) is 18.5 Å². The Morgan fingerprint density at radius 1 is 1.25 bits per heavy atom. The van der Waals surface area contributed by atoms with E-state index in [9.17, 15) is 4.39 Å². The molecule has 0 saturated heterocycles. The fourth-order valence-corrected chi connectivity index (χ4v) is 1.81. The average molecular weight is 223 g/mol. The Morgan fingerprint density at radius 3 is 2.38 bits per heavy atom. The van der Waals surface area contributed by atoms with E-state index in [4.69, 9.17) is 0 Å². The summed E-state index contributed by atoms with van der Waals surface area (Å²) >= 11 is 0. The topological polar surface area (TPSA) is 12.0 Å². The molecule has 2 heteroatoms. The predicted molar refractivity (Wildman–Crippen MR) is 67.0 cm³/mol. The molecule has 0 radical (unpaired) electrons. The van der Waals surface area contributed by atoms with Crippen molar-refractivity contribution in [2.75, 3.05) is 6.54 Å². The average Bonchev–Trinajstić information content (AvgIpc) is 2.19. The molecule has 0 aliphatic carbocycles. The minimum absolute atomic E-state index is 0.102. The predicted octanol–water partition coefficient (Wildman–Crippen LogP) is 3.39. The minimum atomic E-state index is -0.102. The van der Waals surface area contributed by atoms with Gasteiger partial charge in [0.2, 0.25) is 0 Å². The van der Waals surface area contributed by atoms with E-state index in [1.807, 2.05) is 12.1 Å². The lowest BCUT2D eigenvalue weighted by molar-refractivity contribution is 0.268. The summed E-state index contributed by atoms with van der Waals surface area (Å²) in [6, 6.07) is 7.32. The first-order chi connectivity index (χ1) is 7.45. The summed E-state index contributed by atoms with van der Waals surface area (Å²) in [7, 11) is 0. The lowest BCUT2D eigenvalue weighted by Gasteiger charge is -2.31. The van der Waals surface area contributed by atoms with Crippen LogP contribution in [0.5, 0.6) is 0 Å². The Kier molecular flexibility index (Phi) is 4.48. The first-order valence-electron chi connectivity index (χ1n) is 5.92. The van der Waals surface area contributed by atoms with Crippen LogP contribution in [-0.2, 0) is 6.42 Å². The molecule has 1 aromatic rings. The van der Waals surface area contributed by atoms with Gasteiger partial charge in [0.15, 0.2) is 0 Å². The largest absolute Gasteiger partial charge is 0.313 e. The third-order valence-electron chi connectivity index (χ3n) is 2.88. The summed E-state index contributed by atoms with van der Waals surface area (Å²) in [6.07, 6.45) is 0.740. The first kappa shape index (κ1) is 13.2. The van der Waals surface area contributed by atoms with E-state index in [1.165, 1.54) is 6.07 Å². The van der Waals surface area contributed by atoms with Crippen LogP contribution in [0, 0.1) is 11.2 Å². The molecule has 1 atom stereocenters. The van der Waals surface area contributed by atoms with Crippen molar-refractivity contribution in [3.05, 3.63) is 35.6 Å². The third kappa shape index (κ3) is 3.60. The monoisotopic (exact) mass is 223 g/mol. The Labute approximate surface area is 98.1 Å². The second-order valence-electron chi connectivity index (χ2n) is 5.27. The highest BCUT2D eigenvalue weighted by molar-refractivity contribution is 5.19. The zero-order chi connectivity index (χ0) is 12.2. The van der Waals surface area contributed by atoms with Gasteiger partial charge in [-0.15, -0.1) is 0 Å². The van der Waals surface area contributed by atoms with Crippen molar-refractivity contribution in [3.8, 4) is 0 Å². The van der Waals surface area contributed by atoms with Crippen LogP contribution < -0.4 is 5.32 Å². The molecule has 0 amide bonds. The molecule has 1 rings (SSSR count). The third-order valence-corrected chi connectivity index (χ3v) is 2.88. The van der Waals surface area contributed by atoms with Crippen LogP contribution in [0.4, 0.5) is 4.39 Å². The normalized spacial score (nSPS) is 13.8. The molecule has 90 valence electrons. The van der Waals surface area contributed by atoms with Crippen LogP contribution in [0.25, 0.3) is 0 Å². The Hall–Kier alpha value is -0.890. The van der Waals surface area contributed by atoms with Gasteiger partial charge in [0.05, 0.1) is 0 Å². The standard InChI is InChI=1S/C14H22FN/c1-5-16-13(14(2,3)4)10-11-8-6-7-9-12(11)15/h6-9,13,16H,5,10H2,1-4H3. The minimum Gasteiger partial charge on any atom is -0.313 e. The quantitative estimate of drug-likeness (QED) is 0.825. The number of benzene rings is 1. The zero-order valence-corrected chi connectivity index (χ0v) is 10.7. The van der Waals surface area contributed by atoms with Gasteiger partial charge in [0.1, 0.15) is 5.82 Å². The summed E-state index contributed by atoms with van der Waals surface area (Å²) in [5, 5.41) is 3.43.